The zero-order valence-electron chi connectivity index (χ0n) is 8.55. The molecule has 3 rings (SSSR count). The van der Waals surface area contributed by atoms with Crippen molar-refractivity contribution in [1.82, 2.24) is 5.16 Å². The van der Waals surface area contributed by atoms with Gasteiger partial charge < -0.3 is 19.1 Å². The molecule has 1 aliphatic rings. The van der Waals surface area contributed by atoms with Gasteiger partial charge in [-0.25, -0.2) is 0 Å². The first-order valence-electron chi connectivity index (χ1n) is 5.16. The predicted octanol–water partition coefficient (Wildman–Crippen LogP) is 1.70. The Hall–Kier alpha value is -1.75. The smallest absolute Gasteiger partial charge is 0.263 e. The molecule has 1 aromatic heterocycles. The molecule has 1 aromatic carbocycles. The summed E-state index contributed by atoms with van der Waals surface area (Å²) in [6, 6.07) is 5.33. The average molecular weight is 221 g/mol. The van der Waals surface area contributed by atoms with Crippen LogP contribution in [0.4, 0.5) is 0 Å². The molecule has 2 aromatic rings. The van der Waals surface area contributed by atoms with E-state index < -0.39 is 0 Å². The Balaban J connectivity index is 1.98. The lowest BCUT2D eigenvalue weighted by Crippen LogP contribution is -2.15. The lowest BCUT2D eigenvalue weighted by atomic mass is 10.2. The number of aromatic hydroxyl groups is 1. The lowest BCUT2D eigenvalue weighted by molar-refractivity contribution is 0.142. The standard InChI is InChI=1S/C11H11NO4/c13-11-10-8(15-7-4-5-14-6-7)2-1-3-9(10)16-12-11/h1-3,7H,4-6H2,(H,12,13)/t7-/m1/s1. The second kappa shape index (κ2) is 3.68. The van der Waals surface area contributed by atoms with Crippen molar-refractivity contribution >= 4 is 11.0 Å². The van der Waals surface area contributed by atoms with Crippen LogP contribution >= 0.6 is 0 Å². The molecule has 84 valence electrons. The monoisotopic (exact) mass is 221 g/mol. The van der Waals surface area contributed by atoms with Crippen molar-refractivity contribution in [2.24, 2.45) is 0 Å². The van der Waals surface area contributed by atoms with Crippen molar-refractivity contribution in [2.75, 3.05) is 13.2 Å². The highest BCUT2D eigenvalue weighted by molar-refractivity contribution is 5.88. The summed E-state index contributed by atoms with van der Waals surface area (Å²) in [7, 11) is 0. The van der Waals surface area contributed by atoms with E-state index in [0.29, 0.717) is 23.3 Å². The fourth-order valence-corrected chi connectivity index (χ4v) is 1.83. The molecule has 0 saturated carbocycles. The summed E-state index contributed by atoms with van der Waals surface area (Å²) >= 11 is 0. The van der Waals surface area contributed by atoms with E-state index in [1.165, 1.54) is 0 Å². The van der Waals surface area contributed by atoms with Crippen molar-refractivity contribution in [3.05, 3.63) is 18.2 Å². The maximum Gasteiger partial charge on any atom is 0.263 e. The first kappa shape index (κ1) is 9.47. The van der Waals surface area contributed by atoms with Gasteiger partial charge in [0.2, 0.25) is 0 Å². The van der Waals surface area contributed by atoms with Gasteiger partial charge in [0.25, 0.3) is 5.88 Å². The fraction of sp³-hybridized carbons (Fsp3) is 0.364. The molecule has 0 spiro atoms. The molecule has 1 saturated heterocycles. The average Bonchev–Trinajstić information content (AvgIpc) is 2.90. The van der Waals surface area contributed by atoms with Crippen LogP contribution in [0.2, 0.25) is 0 Å². The van der Waals surface area contributed by atoms with E-state index in [1.807, 2.05) is 0 Å². The van der Waals surface area contributed by atoms with Gasteiger partial charge in [0.05, 0.1) is 13.2 Å². The van der Waals surface area contributed by atoms with Crippen molar-refractivity contribution < 1.29 is 19.1 Å². The second-order valence-corrected chi connectivity index (χ2v) is 3.74. The fourth-order valence-electron chi connectivity index (χ4n) is 1.83. The zero-order valence-corrected chi connectivity index (χ0v) is 8.55. The van der Waals surface area contributed by atoms with Crippen LogP contribution in [0.3, 0.4) is 0 Å². The summed E-state index contributed by atoms with van der Waals surface area (Å²) in [6.45, 7) is 1.30. The topological polar surface area (TPSA) is 64.7 Å². The van der Waals surface area contributed by atoms with Crippen LogP contribution in [-0.4, -0.2) is 29.6 Å². The molecule has 1 aliphatic heterocycles. The summed E-state index contributed by atoms with van der Waals surface area (Å²) in [5, 5.41) is 13.6. The molecule has 2 heterocycles. The summed E-state index contributed by atoms with van der Waals surface area (Å²) in [6.07, 6.45) is 0.905. The molecule has 1 N–H and O–H groups in total. The first-order chi connectivity index (χ1) is 7.84. The van der Waals surface area contributed by atoms with E-state index in [1.54, 1.807) is 18.2 Å². The molecule has 1 fully saturated rings. The Morgan fingerprint density at radius 1 is 1.44 bits per heavy atom. The number of hydrogen-bond donors (Lipinski definition) is 1. The van der Waals surface area contributed by atoms with Crippen molar-refractivity contribution in [3.63, 3.8) is 0 Å². The van der Waals surface area contributed by atoms with E-state index in [9.17, 15) is 5.11 Å². The van der Waals surface area contributed by atoms with Crippen molar-refractivity contribution in [3.8, 4) is 11.6 Å². The Morgan fingerprint density at radius 2 is 2.38 bits per heavy atom. The molecular formula is C11H11NO4. The van der Waals surface area contributed by atoms with Gasteiger partial charge in [0, 0.05) is 6.42 Å². The molecule has 0 amide bonds. The third-order valence-electron chi connectivity index (χ3n) is 2.62. The molecule has 16 heavy (non-hydrogen) atoms. The molecular weight excluding hydrogens is 210 g/mol. The molecule has 0 aliphatic carbocycles. The van der Waals surface area contributed by atoms with Gasteiger partial charge in [0.1, 0.15) is 17.2 Å². The van der Waals surface area contributed by atoms with Gasteiger partial charge in [0.15, 0.2) is 5.58 Å². The zero-order chi connectivity index (χ0) is 11.0. The van der Waals surface area contributed by atoms with Crippen LogP contribution < -0.4 is 4.74 Å². The Labute approximate surface area is 91.6 Å². The second-order valence-electron chi connectivity index (χ2n) is 3.74. The Morgan fingerprint density at radius 3 is 3.19 bits per heavy atom. The maximum absolute atomic E-state index is 9.55. The van der Waals surface area contributed by atoms with Gasteiger partial charge in [-0.1, -0.05) is 6.07 Å². The van der Waals surface area contributed by atoms with Crippen LogP contribution in [-0.2, 0) is 4.74 Å². The Kier molecular flexibility index (Phi) is 2.18. The summed E-state index contributed by atoms with van der Waals surface area (Å²) in [5.74, 6) is 0.455. The highest BCUT2D eigenvalue weighted by Crippen LogP contribution is 2.33. The minimum Gasteiger partial charge on any atom is -0.491 e. The largest absolute Gasteiger partial charge is 0.491 e. The van der Waals surface area contributed by atoms with Gasteiger partial charge in [-0.05, 0) is 17.3 Å². The summed E-state index contributed by atoms with van der Waals surface area (Å²) in [4.78, 5) is 0. The van der Waals surface area contributed by atoms with Crippen molar-refractivity contribution in [1.29, 1.82) is 0 Å². The summed E-state index contributed by atoms with van der Waals surface area (Å²) in [5.41, 5.74) is 0.522. The Bertz CT molecular complexity index is 502. The van der Waals surface area contributed by atoms with E-state index in [0.717, 1.165) is 13.0 Å². The number of aromatic nitrogens is 1. The minimum atomic E-state index is -0.135. The number of nitrogens with zero attached hydrogens (tertiary/aromatic N) is 1. The number of ether oxygens (including phenoxy) is 2. The van der Waals surface area contributed by atoms with Crippen LogP contribution in [0.15, 0.2) is 22.7 Å². The molecule has 1 atom stereocenters. The van der Waals surface area contributed by atoms with Crippen LogP contribution in [0.5, 0.6) is 11.6 Å². The summed E-state index contributed by atoms with van der Waals surface area (Å²) < 4.78 is 15.9. The van der Waals surface area contributed by atoms with Gasteiger partial charge in [-0.3, -0.25) is 0 Å². The SMILES string of the molecule is Oc1noc2cccc(O[C@@H]3CCOC3)c12. The van der Waals surface area contributed by atoms with E-state index in [2.05, 4.69) is 5.16 Å². The van der Waals surface area contributed by atoms with E-state index in [-0.39, 0.29) is 12.0 Å². The number of fused-ring (bicyclic) bond motifs is 1. The molecule has 5 nitrogen and oxygen atoms in total. The molecule has 5 heteroatoms. The van der Waals surface area contributed by atoms with Crippen LogP contribution in [0, 0.1) is 0 Å². The highest BCUT2D eigenvalue weighted by atomic mass is 16.5. The number of hydrogen-bond acceptors (Lipinski definition) is 5. The maximum atomic E-state index is 9.55. The normalized spacial score (nSPS) is 20.4. The number of benzene rings is 1. The van der Waals surface area contributed by atoms with Gasteiger partial charge in [-0.2, -0.15) is 0 Å². The number of rotatable bonds is 2. The van der Waals surface area contributed by atoms with Crippen LogP contribution in [0.25, 0.3) is 11.0 Å². The van der Waals surface area contributed by atoms with Crippen LogP contribution in [0.1, 0.15) is 6.42 Å². The predicted molar refractivity (Wildman–Crippen MR) is 55.5 cm³/mol. The molecule has 0 radical (unpaired) electrons. The first-order valence-corrected chi connectivity index (χ1v) is 5.16. The van der Waals surface area contributed by atoms with Gasteiger partial charge in [-0.15, -0.1) is 0 Å². The quantitative estimate of drug-likeness (QED) is 0.836. The van der Waals surface area contributed by atoms with E-state index in [4.69, 9.17) is 14.0 Å². The molecule has 0 unspecified atom stereocenters. The third kappa shape index (κ3) is 1.49. The van der Waals surface area contributed by atoms with Crippen molar-refractivity contribution in [2.45, 2.75) is 12.5 Å². The minimum absolute atomic E-state index is 0.0416. The van der Waals surface area contributed by atoms with E-state index >= 15 is 0 Å². The van der Waals surface area contributed by atoms with Gasteiger partial charge >= 0.3 is 0 Å². The highest BCUT2D eigenvalue weighted by Gasteiger charge is 2.20. The molecule has 0 bridgehead atoms. The third-order valence-corrected chi connectivity index (χ3v) is 2.62. The lowest BCUT2D eigenvalue weighted by Gasteiger charge is -2.11.